The van der Waals surface area contributed by atoms with Crippen molar-refractivity contribution in [1.82, 2.24) is 10.2 Å². The first-order chi connectivity index (χ1) is 8.27. The second-order valence-corrected chi connectivity index (χ2v) is 5.59. The molecular weight excluding hydrogens is 208 g/mol. The summed E-state index contributed by atoms with van der Waals surface area (Å²) in [6.45, 7) is 10.7. The van der Waals surface area contributed by atoms with Gasteiger partial charge < -0.3 is 10.2 Å². The molecule has 1 fully saturated rings. The van der Waals surface area contributed by atoms with Crippen LogP contribution in [0.2, 0.25) is 0 Å². The van der Waals surface area contributed by atoms with E-state index >= 15 is 0 Å². The molecule has 0 saturated carbocycles. The monoisotopic (exact) mass is 240 g/mol. The SMILES string of the molecule is CCCNC(C)CCN1CCCCCC1CC. The van der Waals surface area contributed by atoms with E-state index in [1.165, 1.54) is 64.6 Å². The Morgan fingerprint density at radius 3 is 2.76 bits per heavy atom. The average molecular weight is 240 g/mol. The van der Waals surface area contributed by atoms with Crippen molar-refractivity contribution >= 4 is 0 Å². The Balaban J connectivity index is 2.26. The van der Waals surface area contributed by atoms with Crippen LogP contribution in [0.5, 0.6) is 0 Å². The highest BCUT2D eigenvalue weighted by Gasteiger charge is 2.19. The zero-order valence-electron chi connectivity index (χ0n) is 12.2. The predicted octanol–water partition coefficient (Wildman–Crippen LogP) is 3.42. The molecule has 0 amide bonds. The lowest BCUT2D eigenvalue weighted by molar-refractivity contribution is 0.186. The van der Waals surface area contributed by atoms with Crippen LogP contribution in [0.4, 0.5) is 0 Å². The smallest absolute Gasteiger partial charge is 0.00926 e. The maximum Gasteiger partial charge on any atom is 0.00926 e. The van der Waals surface area contributed by atoms with Gasteiger partial charge in [-0.1, -0.05) is 26.7 Å². The standard InChI is InChI=1S/C15H32N2/c1-4-11-16-14(3)10-13-17-12-8-6-7-9-15(17)5-2/h14-16H,4-13H2,1-3H3. The Bertz CT molecular complexity index is 182. The molecule has 1 heterocycles. The fourth-order valence-electron chi connectivity index (χ4n) is 2.85. The molecule has 0 spiro atoms. The highest BCUT2D eigenvalue weighted by Crippen LogP contribution is 2.19. The summed E-state index contributed by atoms with van der Waals surface area (Å²) in [4.78, 5) is 2.75. The quantitative estimate of drug-likeness (QED) is 0.733. The molecule has 0 aromatic heterocycles. The Morgan fingerprint density at radius 2 is 2.06 bits per heavy atom. The van der Waals surface area contributed by atoms with Gasteiger partial charge in [-0.2, -0.15) is 0 Å². The minimum atomic E-state index is 0.677. The number of rotatable bonds is 7. The second kappa shape index (κ2) is 8.93. The van der Waals surface area contributed by atoms with Crippen LogP contribution < -0.4 is 5.32 Å². The van der Waals surface area contributed by atoms with E-state index in [4.69, 9.17) is 0 Å². The van der Waals surface area contributed by atoms with Crippen LogP contribution in [0.1, 0.15) is 65.7 Å². The van der Waals surface area contributed by atoms with E-state index in [-0.39, 0.29) is 0 Å². The summed E-state index contributed by atoms with van der Waals surface area (Å²) in [5.41, 5.74) is 0. The summed E-state index contributed by atoms with van der Waals surface area (Å²) >= 11 is 0. The van der Waals surface area contributed by atoms with Crippen molar-refractivity contribution in [2.45, 2.75) is 77.8 Å². The normalized spacial score (nSPS) is 24.5. The molecule has 0 aromatic carbocycles. The summed E-state index contributed by atoms with van der Waals surface area (Å²) in [6, 6.07) is 1.53. The van der Waals surface area contributed by atoms with Crippen LogP contribution in [0.15, 0.2) is 0 Å². The largest absolute Gasteiger partial charge is 0.314 e. The van der Waals surface area contributed by atoms with Crippen molar-refractivity contribution in [3.63, 3.8) is 0 Å². The van der Waals surface area contributed by atoms with Gasteiger partial charge in [0.05, 0.1) is 0 Å². The molecule has 102 valence electrons. The third-order valence-electron chi connectivity index (χ3n) is 4.06. The van der Waals surface area contributed by atoms with Gasteiger partial charge >= 0.3 is 0 Å². The molecule has 1 aliphatic rings. The van der Waals surface area contributed by atoms with Crippen LogP contribution in [-0.4, -0.2) is 36.6 Å². The van der Waals surface area contributed by atoms with E-state index in [2.05, 4.69) is 31.0 Å². The van der Waals surface area contributed by atoms with E-state index in [1.54, 1.807) is 0 Å². The first-order valence-electron chi connectivity index (χ1n) is 7.75. The lowest BCUT2D eigenvalue weighted by Gasteiger charge is -2.30. The van der Waals surface area contributed by atoms with E-state index in [0.717, 1.165) is 6.04 Å². The van der Waals surface area contributed by atoms with E-state index < -0.39 is 0 Å². The molecule has 2 nitrogen and oxygen atoms in total. The Hall–Kier alpha value is -0.0800. The predicted molar refractivity (Wildman–Crippen MR) is 76.5 cm³/mol. The van der Waals surface area contributed by atoms with Gasteiger partial charge in [-0.15, -0.1) is 0 Å². The number of nitrogens with zero attached hydrogens (tertiary/aromatic N) is 1. The lowest BCUT2D eigenvalue weighted by atomic mass is 10.1. The molecule has 2 heteroatoms. The molecule has 1 rings (SSSR count). The fraction of sp³-hybridized carbons (Fsp3) is 1.00. The number of likely N-dealkylation sites (tertiary alicyclic amines) is 1. The van der Waals surface area contributed by atoms with Gasteiger partial charge in [0.1, 0.15) is 0 Å². The minimum absolute atomic E-state index is 0.677. The summed E-state index contributed by atoms with van der Waals surface area (Å²) in [5, 5.41) is 3.59. The van der Waals surface area contributed by atoms with Gasteiger partial charge in [-0.3, -0.25) is 0 Å². The summed E-state index contributed by atoms with van der Waals surface area (Å²) in [6.07, 6.45) is 9.59. The maximum atomic E-state index is 3.59. The second-order valence-electron chi connectivity index (χ2n) is 5.59. The molecule has 2 unspecified atom stereocenters. The molecule has 1 N–H and O–H groups in total. The molecule has 1 saturated heterocycles. The van der Waals surface area contributed by atoms with E-state index in [9.17, 15) is 0 Å². The average Bonchev–Trinajstić information content (AvgIpc) is 2.58. The van der Waals surface area contributed by atoms with Crippen LogP contribution in [-0.2, 0) is 0 Å². The molecule has 0 radical (unpaired) electrons. The molecular formula is C15H32N2. The van der Waals surface area contributed by atoms with Crippen molar-refractivity contribution in [2.24, 2.45) is 0 Å². The first-order valence-corrected chi connectivity index (χ1v) is 7.75. The molecule has 1 aliphatic heterocycles. The maximum absolute atomic E-state index is 3.59. The highest BCUT2D eigenvalue weighted by molar-refractivity contribution is 4.75. The van der Waals surface area contributed by atoms with Gasteiger partial charge in [0.25, 0.3) is 0 Å². The van der Waals surface area contributed by atoms with Gasteiger partial charge in [0.2, 0.25) is 0 Å². The van der Waals surface area contributed by atoms with Crippen LogP contribution in [0.3, 0.4) is 0 Å². The molecule has 0 aliphatic carbocycles. The molecule has 2 atom stereocenters. The first kappa shape index (κ1) is 15.0. The Labute approximate surface area is 108 Å². The summed E-state index contributed by atoms with van der Waals surface area (Å²) in [5.74, 6) is 0. The van der Waals surface area contributed by atoms with Crippen LogP contribution in [0.25, 0.3) is 0 Å². The number of hydrogen-bond donors (Lipinski definition) is 1. The third-order valence-corrected chi connectivity index (χ3v) is 4.06. The molecule has 17 heavy (non-hydrogen) atoms. The lowest BCUT2D eigenvalue weighted by Crippen LogP contribution is -2.38. The van der Waals surface area contributed by atoms with Crippen molar-refractivity contribution in [2.75, 3.05) is 19.6 Å². The van der Waals surface area contributed by atoms with Gasteiger partial charge in [-0.25, -0.2) is 0 Å². The van der Waals surface area contributed by atoms with Gasteiger partial charge in [-0.05, 0) is 58.7 Å². The number of nitrogens with one attached hydrogen (secondary N) is 1. The highest BCUT2D eigenvalue weighted by atomic mass is 15.2. The minimum Gasteiger partial charge on any atom is -0.314 e. The summed E-state index contributed by atoms with van der Waals surface area (Å²) < 4.78 is 0. The van der Waals surface area contributed by atoms with Gasteiger partial charge in [0.15, 0.2) is 0 Å². The summed E-state index contributed by atoms with van der Waals surface area (Å²) in [7, 11) is 0. The van der Waals surface area contributed by atoms with Crippen LogP contribution in [0, 0.1) is 0 Å². The zero-order valence-corrected chi connectivity index (χ0v) is 12.2. The van der Waals surface area contributed by atoms with Crippen LogP contribution >= 0.6 is 0 Å². The molecule has 0 aromatic rings. The topological polar surface area (TPSA) is 15.3 Å². The van der Waals surface area contributed by atoms with Crippen molar-refractivity contribution in [1.29, 1.82) is 0 Å². The number of hydrogen-bond acceptors (Lipinski definition) is 2. The van der Waals surface area contributed by atoms with Crippen molar-refractivity contribution in [3.05, 3.63) is 0 Å². The fourth-order valence-corrected chi connectivity index (χ4v) is 2.85. The third kappa shape index (κ3) is 5.87. The Kier molecular flexibility index (Phi) is 7.87. The van der Waals surface area contributed by atoms with E-state index in [1.807, 2.05) is 0 Å². The zero-order chi connectivity index (χ0) is 12.5. The van der Waals surface area contributed by atoms with Crippen molar-refractivity contribution in [3.8, 4) is 0 Å². The molecule has 0 bridgehead atoms. The van der Waals surface area contributed by atoms with Crippen molar-refractivity contribution < 1.29 is 0 Å². The van der Waals surface area contributed by atoms with Gasteiger partial charge in [0, 0.05) is 12.1 Å². The van der Waals surface area contributed by atoms with E-state index in [0.29, 0.717) is 6.04 Å². The Morgan fingerprint density at radius 1 is 1.24 bits per heavy atom.